The van der Waals surface area contributed by atoms with Crippen LogP contribution in [-0.4, -0.2) is 40.9 Å². The Bertz CT molecular complexity index is 781. The second-order valence-electron chi connectivity index (χ2n) is 7.07. The van der Waals surface area contributed by atoms with E-state index in [0.717, 1.165) is 36.1 Å². The molecule has 1 aliphatic carbocycles. The fourth-order valence-electron chi connectivity index (χ4n) is 3.53. The van der Waals surface area contributed by atoms with Crippen molar-refractivity contribution in [2.45, 2.75) is 39.0 Å². The molecule has 3 amide bonds. The topological polar surface area (TPSA) is 98.7 Å². The largest absolute Gasteiger partial charge is 0.395 e. The number of aryl methyl sites for hydroxylation is 1. The van der Waals surface area contributed by atoms with E-state index in [1.54, 1.807) is 6.07 Å². The summed E-state index contributed by atoms with van der Waals surface area (Å²) in [4.78, 5) is 37.8. The molecule has 0 aromatic heterocycles. The number of carbonyl (C=O) groups excluding carboxylic acids is 3. The third kappa shape index (κ3) is 4.36. The molecule has 3 rings (SSSR count). The van der Waals surface area contributed by atoms with Gasteiger partial charge in [-0.3, -0.25) is 19.3 Å². The van der Waals surface area contributed by atoms with Crippen LogP contribution < -0.4 is 10.6 Å². The molecule has 27 heavy (non-hydrogen) atoms. The van der Waals surface area contributed by atoms with Crippen LogP contribution in [0, 0.1) is 12.8 Å². The summed E-state index contributed by atoms with van der Waals surface area (Å²) >= 11 is 0. The molecule has 0 saturated heterocycles. The van der Waals surface area contributed by atoms with Gasteiger partial charge in [0.2, 0.25) is 5.91 Å². The van der Waals surface area contributed by atoms with Crippen molar-refractivity contribution in [3.8, 4) is 0 Å². The van der Waals surface area contributed by atoms with Crippen molar-refractivity contribution in [3.05, 3.63) is 35.5 Å². The van der Waals surface area contributed by atoms with E-state index in [0.29, 0.717) is 11.4 Å². The van der Waals surface area contributed by atoms with Crippen molar-refractivity contribution in [2.24, 2.45) is 5.92 Å². The van der Waals surface area contributed by atoms with E-state index in [-0.39, 0.29) is 30.7 Å². The van der Waals surface area contributed by atoms with Crippen molar-refractivity contribution in [1.82, 2.24) is 4.90 Å². The Morgan fingerprint density at radius 1 is 1.19 bits per heavy atom. The highest BCUT2D eigenvalue weighted by Gasteiger charge is 2.31. The second kappa shape index (κ2) is 8.35. The van der Waals surface area contributed by atoms with Gasteiger partial charge in [0, 0.05) is 12.0 Å². The number of aliphatic hydroxyl groups excluding tert-OH is 1. The number of amides is 3. The number of hydrogen-bond acceptors (Lipinski definition) is 5. The first kappa shape index (κ1) is 19.1. The van der Waals surface area contributed by atoms with Gasteiger partial charge in [0.05, 0.1) is 24.5 Å². The summed E-state index contributed by atoms with van der Waals surface area (Å²) in [7, 11) is 0. The van der Waals surface area contributed by atoms with Crippen molar-refractivity contribution in [3.63, 3.8) is 0 Å². The summed E-state index contributed by atoms with van der Waals surface area (Å²) in [5, 5.41) is 14.9. The van der Waals surface area contributed by atoms with Crippen LogP contribution in [0.15, 0.2) is 30.0 Å². The lowest BCUT2D eigenvalue weighted by atomic mass is 9.88. The average Bonchev–Trinajstić information content (AvgIpc) is 2.92. The van der Waals surface area contributed by atoms with Gasteiger partial charge in [-0.25, -0.2) is 0 Å². The Balaban J connectivity index is 1.76. The zero-order valence-electron chi connectivity index (χ0n) is 15.5. The van der Waals surface area contributed by atoms with E-state index in [4.69, 9.17) is 5.11 Å². The number of carbonyl (C=O) groups is 3. The molecule has 2 aliphatic rings. The predicted molar refractivity (Wildman–Crippen MR) is 102 cm³/mol. The highest BCUT2D eigenvalue weighted by molar-refractivity contribution is 6.17. The lowest BCUT2D eigenvalue weighted by molar-refractivity contribution is -0.137. The number of imide groups is 1. The lowest BCUT2D eigenvalue weighted by Crippen LogP contribution is -2.34. The first-order valence-electron chi connectivity index (χ1n) is 9.36. The maximum absolute atomic E-state index is 12.6. The first-order valence-corrected chi connectivity index (χ1v) is 9.36. The third-order valence-corrected chi connectivity index (χ3v) is 5.01. The fourth-order valence-corrected chi connectivity index (χ4v) is 3.53. The molecule has 144 valence electrons. The lowest BCUT2D eigenvalue weighted by Gasteiger charge is -2.22. The summed E-state index contributed by atoms with van der Waals surface area (Å²) in [6.45, 7) is 1.58. The van der Waals surface area contributed by atoms with Crippen LogP contribution in [0.2, 0.25) is 0 Å². The Labute approximate surface area is 158 Å². The van der Waals surface area contributed by atoms with Gasteiger partial charge in [-0.15, -0.1) is 0 Å². The SMILES string of the molecule is Cc1ccc(NC(=O)C2CCCCC2)c(NC2=CC(=O)N(CCO)C2=O)c1. The molecule has 7 heteroatoms. The fraction of sp³-hybridized carbons (Fsp3) is 0.450. The van der Waals surface area contributed by atoms with Gasteiger partial charge in [-0.1, -0.05) is 25.3 Å². The van der Waals surface area contributed by atoms with Crippen LogP contribution in [-0.2, 0) is 14.4 Å². The molecule has 3 N–H and O–H groups in total. The van der Waals surface area contributed by atoms with Crippen molar-refractivity contribution in [2.75, 3.05) is 23.8 Å². The smallest absolute Gasteiger partial charge is 0.277 e. The zero-order valence-corrected chi connectivity index (χ0v) is 15.5. The predicted octanol–water partition coefficient (Wildman–Crippen LogP) is 2.17. The number of rotatable bonds is 6. The van der Waals surface area contributed by atoms with E-state index in [9.17, 15) is 14.4 Å². The Hall–Kier alpha value is -2.67. The maximum Gasteiger partial charge on any atom is 0.277 e. The van der Waals surface area contributed by atoms with Crippen LogP contribution in [0.4, 0.5) is 11.4 Å². The van der Waals surface area contributed by atoms with E-state index < -0.39 is 11.8 Å². The van der Waals surface area contributed by atoms with Crippen LogP contribution in [0.5, 0.6) is 0 Å². The number of nitrogens with one attached hydrogen (secondary N) is 2. The van der Waals surface area contributed by atoms with Crippen LogP contribution in [0.25, 0.3) is 0 Å². The van der Waals surface area contributed by atoms with E-state index >= 15 is 0 Å². The first-order chi connectivity index (χ1) is 13.0. The van der Waals surface area contributed by atoms with E-state index in [1.807, 2.05) is 19.1 Å². The molecule has 0 spiro atoms. The molecule has 1 saturated carbocycles. The quantitative estimate of drug-likeness (QED) is 0.666. The number of anilines is 2. The molecular formula is C20H25N3O4. The number of benzene rings is 1. The summed E-state index contributed by atoms with van der Waals surface area (Å²) in [5.74, 6) is -0.940. The number of nitrogens with zero attached hydrogens (tertiary/aromatic N) is 1. The molecule has 0 unspecified atom stereocenters. The maximum atomic E-state index is 12.6. The molecule has 1 aromatic rings. The molecule has 0 atom stereocenters. The number of β-amino-alcohol motifs (C(OH)–C–C–N with tert-alkyl or cyclic N) is 1. The second-order valence-corrected chi connectivity index (χ2v) is 7.07. The number of hydrogen-bond donors (Lipinski definition) is 3. The molecule has 0 bridgehead atoms. The molecule has 7 nitrogen and oxygen atoms in total. The van der Waals surface area contributed by atoms with Crippen LogP contribution in [0.3, 0.4) is 0 Å². The minimum Gasteiger partial charge on any atom is -0.395 e. The van der Waals surface area contributed by atoms with Gasteiger partial charge in [0.1, 0.15) is 5.70 Å². The van der Waals surface area contributed by atoms with Crippen LogP contribution >= 0.6 is 0 Å². The highest BCUT2D eigenvalue weighted by atomic mass is 16.3. The third-order valence-electron chi connectivity index (χ3n) is 5.01. The summed E-state index contributed by atoms with van der Waals surface area (Å²) in [5.41, 5.74) is 2.24. The molecule has 1 aromatic carbocycles. The summed E-state index contributed by atoms with van der Waals surface area (Å²) < 4.78 is 0. The highest BCUT2D eigenvalue weighted by Crippen LogP contribution is 2.29. The van der Waals surface area contributed by atoms with Crippen molar-refractivity contribution >= 4 is 29.1 Å². The van der Waals surface area contributed by atoms with Gasteiger partial charge >= 0.3 is 0 Å². The minimum atomic E-state index is -0.486. The molecule has 1 aliphatic heterocycles. The Morgan fingerprint density at radius 2 is 1.93 bits per heavy atom. The Morgan fingerprint density at radius 3 is 2.63 bits per heavy atom. The molecule has 1 fully saturated rings. The normalized spacial score (nSPS) is 17.9. The molecular weight excluding hydrogens is 346 g/mol. The van der Waals surface area contributed by atoms with Gasteiger partial charge in [0.25, 0.3) is 11.8 Å². The summed E-state index contributed by atoms with van der Waals surface area (Å²) in [6.07, 6.45) is 6.33. The standard InChI is InChI=1S/C20H25N3O4/c1-13-7-8-15(22-19(26)14-5-3-2-4-6-14)16(11-13)21-17-12-18(25)23(9-10-24)20(17)27/h7-8,11-12,14,21,24H,2-6,9-10H2,1H3,(H,22,26). The van der Waals surface area contributed by atoms with E-state index in [1.165, 1.54) is 12.5 Å². The average molecular weight is 371 g/mol. The minimum absolute atomic E-state index is 0.00804. The van der Waals surface area contributed by atoms with Crippen molar-refractivity contribution in [1.29, 1.82) is 0 Å². The van der Waals surface area contributed by atoms with Gasteiger partial charge in [0.15, 0.2) is 0 Å². The monoisotopic (exact) mass is 371 g/mol. The number of aliphatic hydroxyl groups is 1. The summed E-state index contributed by atoms with van der Waals surface area (Å²) in [6, 6.07) is 5.51. The van der Waals surface area contributed by atoms with Crippen LogP contribution in [0.1, 0.15) is 37.7 Å². The molecule has 0 radical (unpaired) electrons. The Kier molecular flexibility index (Phi) is 5.91. The molecule has 1 heterocycles. The van der Waals surface area contributed by atoms with Crippen molar-refractivity contribution < 1.29 is 19.5 Å². The van der Waals surface area contributed by atoms with Gasteiger partial charge in [-0.05, 0) is 37.5 Å². The van der Waals surface area contributed by atoms with Gasteiger partial charge in [-0.2, -0.15) is 0 Å². The van der Waals surface area contributed by atoms with Gasteiger partial charge < -0.3 is 15.7 Å². The van der Waals surface area contributed by atoms with E-state index in [2.05, 4.69) is 10.6 Å². The zero-order chi connectivity index (χ0) is 19.4.